The Morgan fingerprint density at radius 2 is 2.00 bits per heavy atom. The Balaban J connectivity index is 2.94. The molecule has 7 nitrogen and oxygen atoms in total. The molecular formula is C11H12N4O3. The number of aromatic nitrogens is 4. The zero-order valence-electron chi connectivity index (χ0n) is 10.3. The number of nitrogens with zero attached hydrogens (tertiary/aromatic N) is 3. The van der Waals surface area contributed by atoms with E-state index in [1.807, 2.05) is 0 Å². The second-order valence-electron chi connectivity index (χ2n) is 4.11. The van der Waals surface area contributed by atoms with Gasteiger partial charge in [-0.15, -0.1) is 0 Å². The van der Waals surface area contributed by atoms with Crippen molar-refractivity contribution in [3.63, 3.8) is 0 Å². The van der Waals surface area contributed by atoms with Crippen LogP contribution in [0.3, 0.4) is 0 Å². The van der Waals surface area contributed by atoms with Crippen LogP contribution in [0.25, 0.3) is 11.0 Å². The molecule has 0 aliphatic heterocycles. The minimum atomic E-state index is -0.542. The van der Waals surface area contributed by atoms with Gasteiger partial charge >= 0.3 is 5.69 Å². The molecule has 0 unspecified atom stereocenters. The van der Waals surface area contributed by atoms with E-state index < -0.39 is 11.2 Å². The van der Waals surface area contributed by atoms with Gasteiger partial charge in [0.1, 0.15) is 17.0 Å². The first-order valence-electron chi connectivity index (χ1n) is 5.36. The third-order valence-electron chi connectivity index (χ3n) is 2.56. The summed E-state index contributed by atoms with van der Waals surface area (Å²) < 4.78 is 0.935. The molecule has 0 saturated carbocycles. The summed E-state index contributed by atoms with van der Waals surface area (Å²) in [7, 11) is 1.36. The highest BCUT2D eigenvalue weighted by Crippen LogP contribution is 2.09. The molecular weight excluding hydrogens is 236 g/mol. The maximum absolute atomic E-state index is 12.0. The second-order valence-corrected chi connectivity index (χ2v) is 4.11. The Bertz CT molecular complexity index is 757. The molecule has 0 aliphatic rings. The quantitative estimate of drug-likeness (QED) is 0.769. The van der Waals surface area contributed by atoms with Crippen LogP contribution in [0, 0.1) is 6.92 Å². The van der Waals surface area contributed by atoms with Crippen LogP contribution < -0.4 is 11.2 Å². The van der Waals surface area contributed by atoms with Crippen LogP contribution in [-0.4, -0.2) is 25.3 Å². The van der Waals surface area contributed by atoms with Crippen LogP contribution in [-0.2, 0) is 18.3 Å². The number of nitrogens with one attached hydrogen (secondary N) is 1. The number of hydrogen-bond donors (Lipinski definition) is 1. The van der Waals surface area contributed by atoms with E-state index in [0.29, 0.717) is 11.5 Å². The summed E-state index contributed by atoms with van der Waals surface area (Å²) in [6.45, 7) is 3.05. The highest BCUT2D eigenvalue weighted by atomic mass is 16.2. The van der Waals surface area contributed by atoms with Crippen LogP contribution in [0.5, 0.6) is 0 Å². The van der Waals surface area contributed by atoms with E-state index in [4.69, 9.17) is 0 Å². The first-order valence-corrected chi connectivity index (χ1v) is 5.36. The molecule has 2 heterocycles. The Labute approximate surface area is 102 Å². The monoisotopic (exact) mass is 248 g/mol. The van der Waals surface area contributed by atoms with E-state index in [-0.39, 0.29) is 23.2 Å². The van der Waals surface area contributed by atoms with Crippen molar-refractivity contribution in [2.45, 2.75) is 20.3 Å². The average molecular weight is 248 g/mol. The minimum absolute atomic E-state index is 0.0428. The highest BCUT2D eigenvalue weighted by Gasteiger charge is 2.14. The van der Waals surface area contributed by atoms with Crippen LogP contribution in [0.15, 0.2) is 9.59 Å². The maximum Gasteiger partial charge on any atom is 0.329 e. The fourth-order valence-corrected chi connectivity index (χ4v) is 1.75. The van der Waals surface area contributed by atoms with Gasteiger partial charge in [-0.2, -0.15) is 0 Å². The fraction of sp³-hybridized carbons (Fsp3) is 0.364. The second kappa shape index (κ2) is 4.17. The molecule has 0 aromatic carbocycles. The van der Waals surface area contributed by atoms with Crippen LogP contribution >= 0.6 is 0 Å². The van der Waals surface area contributed by atoms with Gasteiger partial charge in [0.25, 0.3) is 5.56 Å². The number of ketones is 1. The van der Waals surface area contributed by atoms with E-state index in [2.05, 4.69) is 15.0 Å². The van der Waals surface area contributed by atoms with E-state index in [1.165, 1.54) is 14.0 Å². The van der Waals surface area contributed by atoms with Gasteiger partial charge in [0.05, 0.1) is 5.69 Å². The highest BCUT2D eigenvalue weighted by molar-refractivity contribution is 5.84. The number of H-pyrrole nitrogens is 1. The first-order chi connectivity index (χ1) is 8.40. The Hall–Kier alpha value is -2.31. The van der Waals surface area contributed by atoms with Gasteiger partial charge < -0.3 is 0 Å². The third-order valence-corrected chi connectivity index (χ3v) is 2.56. The molecule has 2 rings (SSSR count). The van der Waals surface area contributed by atoms with E-state index in [0.717, 1.165) is 4.57 Å². The van der Waals surface area contributed by atoms with E-state index in [1.54, 1.807) is 6.92 Å². The summed E-state index contributed by atoms with van der Waals surface area (Å²) in [6, 6.07) is 0. The lowest BCUT2D eigenvalue weighted by Gasteiger charge is -2.05. The summed E-state index contributed by atoms with van der Waals surface area (Å²) >= 11 is 0. The molecule has 18 heavy (non-hydrogen) atoms. The van der Waals surface area contributed by atoms with Gasteiger partial charge in [-0.25, -0.2) is 14.8 Å². The molecule has 0 saturated heterocycles. The van der Waals surface area contributed by atoms with Crippen molar-refractivity contribution in [2.75, 3.05) is 0 Å². The molecule has 0 bridgehead atoms. The van der Waals surface area contributed by atoms with Crippen molar-refractivity contribution < 1.29 is 4.79 Å². The predicted molar refractivity (Wildman–Crippen MR) is 64.5 cm³/mol. The van der Waals surface area contributed by atoms with Crippen LogP contribution in [0.4, 0.5) is 0 Å². The number of aryl methyl sites for hydroxylation is 1. The zero-order chi connectivity index (χ0) is 13.4. The molecule has 0 radical (unpaired) electrons. The van der Waals surface area contributed by atoms with Crippen molar-refractivity contribution in [3.8, 4) is 0 Å². The van der Waals surface area contributed by atoms with Crippen LogP contribution in [0.1, 0.15) is 18.4 Å². The largest absolute Gasteiger partial charge is 0.329 e. The van der Waals surface area contributed by atoms with Crippen LogP contribution in [0.2, 0.25) is 0 Å². The SMILES string of the molecule is CC(=O)Cc1nc(C)nc2[nH]c(=O)n(C)c(=O)c12. The molecule has 7 heteroatoms. The number of rotatable bonds is 2. The van der Waals surface area contributed by atoms with Crippen molar-refractivity contribution >= 4 is 16.8 Å². The number of hydrogen-bond acceptors (Lipinski definition) is 5. The van der Waals surface area contributed by atoms with E-state index in [9.17, 15) is 14.4 Å². The Morgan fingerprint density at radius 1 is 1.33 bits per heavy atom. The summed E-state index contributed by atoms with van der Waals surface area (Å²) in [5.41, 5.74) is -0.516. The predicted octanol–water partition coefficient (Wildman–Crippen LogP) is -0.543. The zero-order valence-corrected chi connectivity index (χ0v) is 10.3. The fourth-order valence-electron chi connectivity index (χ4n) is 1.75. The van der Waals surface area contributed by atoms with Crippen molar-refractivity contribution in [1.29, 1.82) is 0 Å². The maximum atomic E-state index is 12.0. The van der Waals surface area contributed by atoms with Gasteiger partial charge in [0.2, 0.25) is 0 Å². The molecule has 94 valence electrons. The van der Waals surface area contributed by atoms with E-state index >= 15 is 0 Å². The molecule has 1 N–H and O–H groups in total. The topological polar surface area (TPSA) is 97.7 Å². The Morgan fingerprint density at radius 3 is 2.61 bits per heavy atom. The molecule has 2 aromatic rings. The lowest BCUT2D eigenvalue weighted by molar-refractivity contribution is -0.116. The van der Waals surface area contributed by atoms with Gasteiger partial charge in [-0.3, -0.25) is 19.1 Å². The van der Waals surface area contributed by atoms with Gasteiger partial charge in [-0.1, -0.05) is 0 Å². The van der Waals surface area contributed by atoms with Crippen molar-refractivity contribution in [3.05, 3.63) is 32.4 Å². The molecule has 0 amide bonds. The number of carbonyl (C=O) groups excluding carboxylic acids is 1. The molecule has 0 aliphatic carbocycles. The molecule has 0 spiro atoms. The average Bonchev–Trinajstić information content (AvgIpc) is 2.24. The first kappa shape index (κ1) is 12.2. The smallest absolute Gasteiger partial charge is 0.300 e. The normalized spacial score (nSPS) is 10.8. The summed E-state index contributed by atoms with van der Waals surface area (Å²) in [6.07, 6.45) is 0.0428. The minimum Gasteiger partial charge on any atom is -0.300 e. The Kier molecular flexibility index (Phi) is 2.82. The standard InChI is InChI=1S/C11H12N4O3/c1-5(16)4-7-8-9(13-6(2)12-7)14-11(18)15(3)10(8)17/h4H2,1-3H3,(H,12,13,14,18). The van der Waals surface area contributed by atoms with Gasteiger partial charge in [0, 0.05) is 13.5 Å². The number of fused-ring (bicyclic) bond motifs is 1. The summed E-state index contributed by atoms with van der Waals surface area (Å²) in [5, 5.41) is 0.193. The van der Waals surface area contributed by atoms with Gasteiger partial charge in [0.15, 0.2) is 5.65 Å². The van der Waals surface area contributed by atoms with Crippen molar-refractivity contribution in [1.82, 2.24) is 19.5 Å². The lowest BCUT2D eigenvalue weighted by atomic mass is 10.1. The number of aromatic amines is 1. The third kappa shape index (κ3) is 1.94. The molecule has 0 fully saturated rings. The molecule has 0 atom stereocenters. The number of Topliss-reactive ketones (excluding diaryl/α,β-unsaturated/α-hetero) is 1. The number of carbonyl (C=O) groups is 1. The van der Waals surface area contributed by atoms with Crippen molar-refractivity contribution in [2.24, 2.45) is 7.05 Å². The lowest BCUT2D eigenvalue weighted by Crippen LogP contribution is -2.33. The summed E-state index contributed by atoms with van der Waals surface area (Å²) in [4.78, 5) is 45.3. The molecule has 2 aromatic heterocycles. The van der Waals surface area contributed by atoms with Gasteiger partial charge in [-0.05, 0) is 13.8 Å². The summed E-state index contributed by atoms with van der Waals surface area (Å²) in [5.74, 6) is 0.297.